The first-order chi connectivity index (χ1) is 10.8. The van der Waals surface area contributed by atoms with Gasteiger partial charge < -0.3 is 14.4 Å². The van der Waals surface area contributed by atoms with Crippen molar-refractivity contribution in [1.29, 1.82) is 0 Å². The molecule has 0 aliphatic carbocycles. The standard InChI is InChI=1S/C17H24N2O4/c1-17(2,3)23-16(21)19-9-7-12(8-10-19)14-6-5-13(11-18-14)15(20)22-4/h5-6,11-12H,7-10H2,1-4H3. The number of ether oxygens (including phenoxy) is 2. The minimum absolute atomic E-state index is 0.259. The highest BCUT2D eigenvalue weighted by molar-refractivity contribution is 5.88. The lowest BCUT2D eigenvalue weighted by atomic mass is 9.93. The van der Waals surface area contributed by atoms with Gasteiger partial charge in [-0.25, -0.2) is 9.59 Å². The number of pyridine rings is 1. The Labute approximate surface area is 136 Å². The maximum atomic E-state index is 12.0. The van der Waals surface area contributed by atoms with Crippen molar-refractivity contribution < 1.29 is 19.1 Å². The van der Waals surface area contributed by atoms with Crippen LogP contribution in [0.15, 0.2) is 18.3 Å². The fraction of sp³-hybridized carbons (Fsp3) is 0.588. The van der Waals surface area contributed by atoms with Crippen LogP contribution >= 0.6 is 0 Å². The van der Waals surface area contributed by atoms with Gasteiger partial charge >= 0.3 is 12.1 Å². The molecule has 2 heterocycles. The molecule has 0 atom stereocenters. The zero-order valence-electron chi connectivity index (χ0n) is 14.2. The highest BCUT2D eigenvalue weighted by Gasteiger charge is 2.28. The first-order valence-corrected chi connectivity index (χ1v) is 7.82. The highest BCUT2D eigenvalue weighted by Crippen LogP contribution is 2.27. The van der Waals surface area contributed by atoms with E-state index in [2.05, 4.69) is 9.72 Å². The molecule has 0 radical (unpaired) electrons. The Hall–Kier alpha value is -2.11. The third-order valence-electron chi connectivity index (χ3n) is 3.77. The monoisotopic (exact) mass is 320 g/mol. The number of methoxy groups -OCH3 is 1. The summed E-state index contributed by atoms with van der Waals surface area (Å²) >= 11 is 0. The molecule has 0 saturated carbocycles. The third kappa shape index (κ3) is 4.68. The summed E-state index contributed by atoms with van der Waals surface area (Å²) in [7, 11) is 1.35. The molecule has 6 nitrogen and oxygen atoms in total. The summed E-state index contributed by atoms with van der Waals surface area (Å²) in [5.74, 6) is -0.0934. The summed E-state index contributed by atoms with van der Waals surface area (Å²) in [5.41, 5.74) is 0.920. The lowest BCUT2D eigenvalue weighted by molar-refractivity contribution is 0.0203. The van der Waals surface area contributed by atoms with E-state index in [1.807, 2.05) is 26.8 Å². The molecule has 23 heavy (non-hydrogen) atoms. The molecule has 1 amide bonds. The first kappa shape index (κ1) is 17.2. The van der Waals surface area contributed by atoms with E-state index in [0.717, 1.165) is 18.5 Å². The predicted molar refractivity (Wildman–Crippen MR) is 85.4 cm³/mol. The lowest BCUT2D eigenvalue weighted by Crippen LogP contribution is -2.41. The van der Waals surface area contributed by atoms with Crippen molar-refractivity contribution in [3.8, 4) is 0 Å². The van der Waals surface area contributed by atoms with Gasteiger partial charge in [0.05, 0.1) is 12.7 Å². The van der Waals surface area contributed by atoms with Gasteiger partial charge in [-0.3, -0.25) is 4.98 Å². The van der Waals surface area contributed by atoms with Crippen molar-refractivity contribution in [2.24, 2.45) is 0 Å². The SMILES string of the molecule is COC(=O)c1ccc(C2CCN(C(=O)OC(C)(C)C)CC2)nc1. The molecule has 1 saturated heterocycles. The van der Waals surface area contributed by atoms with Gasteiger partial charge in [0.15, 0.2) is 0 Å². The molecule has 1 aromatic heterocycles. The number of likely N-dealkylation sites (tertiary alicyclic amines) is 1. The smallest absolute Gasteiger partial charge is 0.410 e. The van der Waals surface area contributed by atoms with E-state index in [0.29, 0.717) is 24.6 Å². The molecule has 1 aliphatic heterocycles. The largest absolute Gasteiger partial charge is 0.465 e. The second-order valence-electron chi connectivity index (χ2n) is 6.70. The number of hydrogen-bond donors (Lipinski definition) is 0. The number of hydrogen-bond acceptors (Lipinski definition) is 5. The fourth-order valence-corrected chi connectivity index (χ4v) is 2.57. The normalized spacial score (nSPS) is 16.1. The number of rotatable bonds is 2. The molecule has 0 bridgehead atoms. The molecule has 6 heteroatoms. The Balaban J connectivity index is 1.91. The molecule has 1 aliphatic rings. The van der Waals surface area contributed by atoms with Gasteiger partial charge in [-0.1, -0.05) is 0 Å². The van der Waals surface area contributed by atoms with Crippen molar-refractivity contribution in [2.45, 2.75) is 45.1 Å². The minimum Gasteiger partial charge on any atom is -0.465 e. The number of carbonyl (C=O) groups is 2. The summed E-state index contributed by atoms with van der Waals surface area (Å²) in [6.07, 6.45) is 2.96. The van der Waals surface area contributed by atoms with E-state index in [-0.39, 0.29) is 12.1 Å². The Morgan fingerprint density at radius 3 is 2.35 bits per heavy atom. The molecule has 0 unspecified atom stereocenters. The molecule has 0 N–H and O–H groups in total. The first-order valence-electron chi connectivity index (χ1n) is 7.82. The van der Waals surface area contributed by atoms with Crippen molar-refractivity contribution in [2.75, 3.05) is 20.2 Å². The molecule has 1 aromatic rings. The summed E-state index contributed by atoms with van der Waals surface area (Å²) in [6.45, 7) is 6.90. The van der Waals surface area contributed by atoms with Gasteiger partial charge in [-0.2, -0.15) is 0 Å². The predicted octanol–water partition coefficient (Wildman–Crippen LogP) is 2.98. The van der Waals surface area contributed by atoms with Gasteiger partial charge in [-0.05, 0) is 45.7 Å². The second kappa shape index (κ2) is 6.98. The Morgan fingerprint density at radius 2 is 1.87 bits per heavy atom. The van der Waals surface area contributed by atoms with Crippen LogP contribution in [0.5, 0.6) is 0 Å². The Bertz CT molecular complexity index is 555. The van der Waals surface area contributed by atoms with Crippen LogP contribution < -0.4 is 0 Å². The van der Waals surface area contributed by atoms with E-state index in [1.165, 1.54) is 7.11 Å². The lowest BCUT2D eigenvalue weighted by Gasteiger charge is -2.33. The highest BCUT2D eigenvalue weighted by atomic mass is 16.6. The number of piperidine rings is 1. The van der Waals surface area contributed by atoms with Gasteiger partial charge in [0.25, 0.3) is 0 Å². The van der Waals surface area contributed by atoms with E-state index in [9.17, 15) is 9.59 Å². The van der Waals surface area contributed by atoms with E-state index >= 15 is 0 Å². The maximum absolute atomic E-state index is 12.0. The van der Waals surface area contributed by atoms with Crippen LogP contribution in [-0.4, -0.2) is 47.7 Å². The topological polar surface area (TPSA) is 68.7 Å². The van der Waals surface area contributed by atoms with E-state index < -0.39 is 5.60 Å². The zero-order chi connectivity index (χ0) is 17.0. The average Bonchev–Trinajstić information content (AvgIpc) is 2.53. The van der Waals surface area contributed by atoms with E-state index in [4.69, 9.17) is 4.74 Å². The van der Waals surface area contributed by atoms with Crippen LogP contribution in [0.2, 0.25) is 0 Å². The van der Waals surface area contributed by atoms with Gasteiger partial charge in [0.1, 0.15) is 5.60 Å². The molecule has 126 valence electrons. The van der Waals surface area contributed by atoms with Crippen LogP contribution in [-0.2, 0) is 9.47 Å². The number of nitrogens with zero attached hydrogens (tertiary/aromatic N) is 2. The van der Waals surface area contributed by atoms with Crippen molar-refractivity contribution in [3.05, 3.63) is 29.6 Å². The molecule has 1 fully saturated rings. The van der Waals surface area contributed by atoms with Crippen LogP contribution in [0, 0.1) is 0 Å². The summed E-state index contributed by atoms with van der Waals surface area (Å²) in [4.78, 5) is 29.6. The van der Waals surface area contributed by atoms with Crippen molar-refractivity contribution in [1.82, 2.24) is 9.88 Å². The number of aromatic nitrogens is 1. The van der Waals surface area contributed by atoms with Gasteiger partial charge in [0.2, 0.25) is 0 Å². The minimum atomic E-state index is -0.473. The fourth-order valence-electron chi connectivity index (χ4n) is 2.57. The number of amides is 1. The van der Waals surface area contributed by atoms with Gasteiger partial charge in [-0.15, -0.1) is 0 Å². The second-order valence-corrected chi connectivity index (χ2v) is 6.70. The third-order valence-corrected chi connectivity index (χ3v) is 3.77. The molecule has 0 spiro atoms. The van der Waals surface area contributed by atoms with Crippen molar-refractivity contribution >= 4 is 12.1 Å². The summed E-state index contributed by atoms with van der Waals surface area (Å²) in [6, 6.07) is 3.59. The average molecular weight is 320 g/mol. The summed E-state index contributed by atoms with van der Waals surface area (Å²) in [5, 5.41) is 0. The van der Waals surface area contributed by atoms with Crippen LogP contribution in [0.25, 0.3) is 0 Å². The summed E-state index contributed by atoms with van der Waals surface area (Å²) < 4.78 is 10.1. The number of carbonyl (C=O) groups excluding carboxylic acids is 2. The molecular weight excluding hydrogens is 296 g/mol. The van der Waals surface area contributed by atoms with Crippen LogP contribution in [0.1, 0.15) is 55.6 Å². The maximum Gasteiger partial charge on any atom is 0.410 e. The number of esters is 1. The molecule has 2 rings (SSSR count). The van der Waals surface area contributed by atoms with Gasteiger partial charge in [0, 0.05) is 30.9 Å². The van der Waals surface area contributed by atoms with Crippen LogP contribution in [0.3, 0.4) is 0 Å². The quantitative estimate of drug-likeness (QED) is 0.784. The molecular formula is C17H24N2O4. The Morgan fingerprint density at radius 1 is 1.22 bits per heavy atom. The molecule has 0 aromatic carbocycles. The van der Waals surface area contributed by atoms with E-state index in [1.54, 1.807) is 17.2 Å². The van der Waals surface area contributed by atoms with Crippen LogP contribution in [0.4, 0.5) is 4.79 Å². The Kier molecular flexibility index (Phi) is 5.23. The van der Waals surface area contributed by atoms with Crippen molar-refractivity contribution in [3.63, 3.8) is 0 Å². The zero-order valence-corrected chi connectivity index (χ0v) is 14.2.